The Morgan fingerprint density at radius 2 is 1.21 bits per heavy atom. The minimum atomic E-state index is -0.123. The highest BCUT2D eigenvalue weighted by atomic mass is 32.2. The summed E-state index contributed by atoms with van der Waals surface area (Å²) in [5.74, 6) is 1.34. The second-order valence-corrected chi connectivity index (χ2v) is 21.0. The van der Waals surface area contributed by atoms with E-state index in [4.69, 9.17) is 38.4 Å². The van der Waals surface area contributed by atoms with Gasteiger partial charge in [-0.1, -0.05) is 23.3 Å². The Hall–Kier alpha value is -5.72. The first-order valence-electron chi connectivity index (χ1n) is 24.8. The standard InChI is InChI=1S/C55H73N7O9S/c1-11-37-22-42-30-56-46-28-50(48(66-8)26-44(46)53(64)61(42)32-37)70-34-39-21-40(35-71-51-29-47-45(27-49(51)67-9)54(65)62-33-38(12-2)23-43(62)31-57-47)25-41(24-39)60(52(63)13-14-58(5)6)16-18-69-20-19-68-17-15-59(7)36-55(3,4)72-10/h11-12,21,24-31,42-43H,13-20,22-23,32-36H2,1-10H3/b37-11+,38-12+/t42-,43-/m0/s1. The lowest BCUT2D eigenvalue weighted by Crippen LogP contribution is -2.36. The minimum absolute atomic E-state index is 0.0706. The molecule has 0 aliphatic carbocycles. The van der Waals surface area contributed by atoms with Gasteiger partial charge in [0.05, 0.1) is 75.2 Å². The average molecular weight is 1010 g/mol. The maximum Gasteiger partial charge on any atom is 0.257 e. The first-order chi connectivity index (χ1) is 34.6. The Morgan fingerprint density at radius 3 is 1.67 bits per heavy atom. The summed E-state index contributed by atoms with van der Waals surface area (Å²) in [6.45, 7) is 14.1. The van der Waals surface area contributed by atoms with Crippen molar-refractivity contribution in [2.75, 3.05) is 112 Å². The molecular formula is C55H73N7O9S. The molecule has 3 aromatic carbocycles. The number of fused-ring (bicyclic) bond motifs is 4. The molecule has 2 atom stereocenters. The highest BCUT2D eigenvalue weighted by Crippen LogP contribution is 2.41. The van der Waals surface area contributed by atoms with E-state index < -0.39 is 0 Å². The molecule has 3 aromatic rings. The van der Waals surface area contributed by atoms with Gasteiger partial charge in [-0.2, -0.15) is 11.8 Å². The van der Waals surface area contributed by atoms with E-state index in [1.54, 1.807) is 43.4 Å². The molecule has 0 aromatic heterocycles. The number of nitrogens with zero attached hydrogens (tertiary/aromatic N) is 7. The number of benzene rings is 3. The van der Waals surface area contributed by atoms with Gasteiger partial charge in [0.15, 0.2) is 23.0 Å². The van der Waals surface area contributed by atoms with Gasteiger partial charge in [-0.05, 0) is 109 Å². The molecule has 4 aliphatic heterocycles. The summed E-state index contributed by atoms with van der Waals surface area (Å²) in [5.41, 5.74) is 6.44. The molecule has 0 spiro atoms. The Labute approximate surface area is 430 Å². The highest BCUT2D eigenvalue weighted by Gasteiger charge is 2.36. The normalized spacial score (nSPS) is 18.4. The van der Waals surface area contributed by atoms with Crippen molar-refractivity contribution >= 4 is 59.0 Å². The molecule has 0 N–H and O–H groups in total. The number of carbonyl (C=O) groups is 3. The van der Waals surface area contributed by atoms with Crippen molar-refractivity contribution < 1.29 is 42.8 Å². The third-order valence-corrected chi connectivity index (χ3v) is 14.7. The Morgan fingerprint density at radius 1 is 0.708 bits per heavy atom. The number of rotatable bonds is 24. The number of likely N-dealkylation sites (N-methyl/N-ethyl adjacent to an activating group) is 1. The van der Waals surface area contributed by atoms with E-state index in [9.17, 15) is 14.4 Å². The minimum Gasteiger partial charge on any atom is -0.493 e. The van der Waals surface area contributed by atoms with Crippen LogP contribution in [0, 0.1) is 0 Å². The number of hydrogen-bond acceptors (Lipinski definition) is 14. The van der Waals surface area contributed by atoms with Crippen LogP contribution in [0.1, 0.15) is 78.8 Å². The van der Waals surface area contributed by atoms with Crippen LogP contribution < -0.4 is 23.8 Å². The predicted octanol–water partition coefficient (Wildman–Crippen LogP) is 8.01. The van der Waals surface area contributed by atoms with Crippen molar-refractivity contribution in [1.82, 2.24) is 19.6 Å². The van der Waals surface area contributed by atoms with Crippen LogP contribution in [-0.4, -0.2) is 174 Å². The fraction of sp³-hybridized carbons (Fsp3) is 0.509. The van der Waals surface area contributed by atoms with Crippen LogP contribution in [0.5, 0.6) is 23.0 Å². The van der Waals surface area contributed by atoms with Crippen LogP contribution in [0.25, 0.3) is 0 Å². The maximum absolute atomic E-state index is 14.2. The molecule has 17 heteroatoms. The number of anilines is 1. The molecule has 4 heterocycles. The van der Waals surface area contributed by atoms with Crippen molar-refractivity contribution in [3.05, 3.63) is 88.0 Å². The third-order valence-electron chi connectivity index (χ3n) is 13.5. The second kappa shape index (κ2) is 24.8. The first kappa shape index (κ1) is 54.1. The molecule has 2 saturated heterocycles. The molecule has 16 nitrogen and oxygen atoms in total. The summed E-state index contributed by atoms with van der Waals surface area (Å²) in [6.07, 6.45) is 11.7. The molecule has 7 rings (SSSR count). The molecule has 2 fully saturated rings. The van der Waals surface area contributed by atoms with Gasteiger partial charge in [-0.15, -0.1) is 0 Å². The lowest BCUT2D eigenvalue weighted by Gasteiger charge is -2.28. The van der Waals surface area contributed by atoms with E-state index in [1.165, 1.54) is 11.1 Å². The third kappa shape index (κ3) is 13.5. The van der Waals surface area contributed by atoms with Crippen molar-refractivity contribution in [2.45, 2.75) is 77.0 Å². The van der Waals surface area contributed by atoms with Gasteiger partial charge in [0.1, 0.15) is 13.2 Å². The van der Waals surface area contributed by atoms with Crippen LogP contribution in [0.2, 0.25) is 0 Å². The van der Waals surface area contributed by atoms with E-state index in [-0.39, 0.29) is 60.8 Å². The van der Waals surface area contributed by atoms with Crippen molar-refractivity contribution in [3.8, 4) is 23.0 Å². The number of hydrogen-bond donors (Lipinski definition) is 0. The van der Waals surface area contributed by atoms with Gasteiger partial charge < -0.3 is 52.9 Å². The van der Waals surface area contributed by atoms with Crippen LogP contribution >= 0.6 is 11.8 Å². The molecule has 4 aliphatic rings. The zero-order valence-electron chi connectivity index (χ0n) is 43.8. The lowest BCUT2D eigenvalue weighted by atomic mass is 10.1. The maximum atomic E-state index is 14.2. The molecule has 388 valence electrons. The molecule has 3 amide bonds. The second-order valence-electron chi connectivity index (χ2n) is 19.5. The number of ether oxygens (including phenoxy) is 6. The Balaban J connectivity index is 1.13. The fourth-order valence-electron chi connectivity index (χ4n) is 9.26. The van der Waals surface area contributed by atoms with Crippen molar-refractivity contribution in [2.24, 2.45) is 9.98 Å². The van der Waals surface area contributed by atoms with Crippen molar-refractivity contribution in [1.29, 1.82) is 0 Å². The van der Waals surface area contributed by atoms with Crippen molar-refractivity contribution in [3.63, 3.8) is 0 Å². The van der Waals surface area contributed by atoms with Gasteiger partial charge in [0, 0.05) is 80.7 Å². The van der Waals surface area contributed by atoms with E-state index >= 15 is 0 Å². The van der Waals surface area contributed by atoms with E-state index in [0.29, 0.717) is 97.2 Å². The van der Waals surface area contributed by atoms with Gasteiger partial charge >= 0.3 is 0 Å². The average Bonchev–Trinajstić information content (AvgIpc) is 3.94. The summed E-state index contributed by atoms with van der Waals surface area (Å²) < 4.78 is 36.8. The van der Waals surface area contributed by atoms with Crippen LogP contribution in [-0.2, 0) is 27.5 Å². The number of amides is 3. The molecule has 72 heavy (non-hydrogen) atoms. The quantitative estimate of drug-likeness (QED) is 0.0633. The largest absolute Gasteiger partial charge is 0.493 e. The fourth-order valence-corrected chi connectivity index (χ4v) is 9.61. The lowest BCUT2D eigenvalue weighted by molar-refractivity contribution is -0.119. The summed E-state index contributed by atoms with van der Waals surface area (Å²) in [5, 5.41) is 0. The van der Waals surface area contributed by atoms with E-state index in [2.05, 4.69) is 44.2 Å². The summed E-state index contributed by atoms with van der Waals surface area (Å²) in [7, 11) is 9.08. The number of thioether (sulfide) groups is 1. The van der Waals surface area contributed by atoms with Crippen LogP contribution in [0.3, 0.4) is 0 Å². The number of allylic oxidation sites excluding steroid dienone is 2. The number of methoxy groups -OCH3 is 2. The Bertz CT molecular complexity index is 2420. The first-order valence-corrected chi connectivity index (χ1v) is 26.0. The van der Waals surface area contributed by atoms with Crippen LogP contribution in [0.4, 0.5) is 17.1 Å². The zero-order chi connectivity index (χ0) is 51.5. The van der Waals surface area contributed by atoms with Gasteiger partial charge in [-0.25, -0.2) is 0 Å². The van der Waals surface area contributed by atoms with Gasteiger partial charge in [0.2, 0.25) is 5.91 Å². The summed E-state index contributed by atoms with van der Waals surface area (Å²) >= 11 is 1.85. The van der Waals surface area contributed by atoms with E-state index in [0.717, 1.165) is 37.1 Å². The molecule has 0 saturated carbocycles. The van der Waals surface area contributed by atoms with E-state index in [1.807, 2.05) is 85.0 Å². The monoisotopic (exact) mass is 1010 g/mol. The molecule has 0 bridgehead atoms. The molecule has 0 unspecified atom stereocenters. The Kier molecular flexibility index (Phi) is 18.6. The van der Waals surface area contributed by atoms with Gasteiger partial charge in [0.25, 0.3) is 11.8 Å². The van der Waals surface area contributed by atoms with Crippen LogP contribution in [0.15, 0.2) is 75.7 Å². The highest BCUT2D eigenvalue weighted by molar-refractivity contribution is 7.99. The topological polar surface area (TPSA) is 148 Å². The smallest absolute Gasteiger partial charge is 0.257 e. The zero-order valence-corrected chi connectivity index (χ0v) is 44.6. The molecular weight excluding hydrogens is 935 g/mol. The number of carbonyl (C=O) groups excluding carboxylic acids is 3. The molecule has 0 radical (unpaired) electrons. The summed E-state index contributed by atoms with van der Waals surface area (Å²) in [6, 6.07) is 12.5. The summed E-state index contributed by atoms with van der Waals surface area (Å²) in [4.78, 5) is 61.1. The van der Waals surface area contributed by atoms with Gasteiger partial charge in [-0.3, -0.25) is 24.4 Å². The SMILES string of the molecule is C/C=C1\C[C@H]2C=Nc3cc(OCc4cc(COc5cc6c(cc5OC)C(=O)N5C/C(=C/C)C[C@H]5C=N6)cc(N(CCOCCOCCN(C)CC(C)(C)SC)C(=O)CCN(C)C)c4)c(OC)cc3C(=O)N2C1. The number of aliphatic imine (C=N–C) groups is 2. The predicted molar refractivity (Wildman–Crippen MR) is 286 cm³/mol.